The molecule has 3 rings (SSSR count). The summed E-state index contributed by atoms with van der Waals surface area (Å²) in [4.78, 5) is 17.5. The van der Waals surface area contributed by atoms with Gasteiger partial charge in [-0.3, -0.25) is 9.78 Å². The number of aromatic nitrogens is 1. The molecule has 0 spiro atoms. The first-order valence-electron chi connectivity index (χ1n) is 7.62. The van der Waals surface area contributed by atoms with Gasteiger partial charge in [0, 0.05) is 20.0 Å². The Hall–Kier alpha value is -1.72. The molecule has 5 heteroatoms. The van der Waals surface area contributed by atoms with Crippen molar-refractivity contribution in [3.63, 3.8) is 0 Å². The molecule has 3 aromatic rings. The first-order chi connectivity index (χ1) is 11.5. The Labute approximate surface area is 157 Å². The van der Waals surface area contributed by atoms with Gasteiger partial charge in [0.1, 0.15) is 0 Å². The molecule has 1 amide bonds. The van der Waals surface area contributed by atoms with Crippen molar-refractivity contribution in [3.05, 3.63) is 68.7 Å². The second kappa shape index (κ2) is 7.03. The number of carbonyl (C=O) groups is 1. The second-order valence-corrected chi connectivity index (χ2v) is 7.61. The first-order valence-corrected chi connectivity index (χ1v) is 9.20. The molecule has 1 N–H and O–H groups in total. The second-order valence-electron chi connectivity index (χ2n) is 5.84. The number of anilines is 1. The molecule has 0 saturated heterocycles. The number of rotatable bonds is 3. The van der Waals surface area contributed by atoms with E-state index in [0.29, 0.717) is 5.56 Å². The van der Waals surface area contributed by atoms with Crippen LogP contribution >= 0.6 is 31.9 Å². The number of hydrogen-bond donors (Lipinski definition) is 1. The normalized spacial score (nSPS) is 11.0. The van der Waals surface area contributed by atoms with E-state index in [1.807, 2.05) is 48.5 Å². The molecule has 1 aromatic heterocycles. The van der Waals surface area contributed by atoms with Crippen molar-refractivity contribution in [1.82, 2.24) is 4.98 Å². The number of para-hydroxylation sites is 1. The maximum Gasteiger partial charge on any atom is 0.256 e. The summed E-state index contributed by atoms with van der Waals surface area (Å²) in [6.45, 7) is 4.15. The van der Waals surface area contributed by atoms with Crippen LogP contribution in [0.2, 0.25) is 0 Å². The summed E-state index contributed by atoms with van der Waals surface area (Å²) >= 11 is 6.89. The van der Waals surface area contributed by atoms with E-state index >= 15 is 0 Å². The Morgan fingerprint density at radius 2 is 1.83 bits per heavy atom. The van der Waals surface area contributed by atoms with Crippen molar-refractivity contribution < 1.29 is 4.79 Å². The predicted octanol–water partition coefficient (Wildman–Crippen LogP) is 6.14. The lowest BCUT2D eigenvalue weighted by Crippen LogP contribution is -2.14. The fourth-order valence-corrected chi connectivity index (χ4v) is 3.61. The number of benzene rings is 2. The van der Waals surface area contributed by atoms with Crippen LogP contribution in [0, 0.1) is 0 Å². The van der Waals surface area contributed by atoms with Crippen LogP contribution in [0.1, 0.15) is 35.8 Å². The maximum atomic E-state index is 12.9. The molecule has 122 valence electrons. The van der Waals surface area contributed by atoms with Gasteiger partial charge in [-0.15, -0.1) is 0 Å². The lowest BCUT2D eigenvalue weighted by molar-refractivity contribution is 0.102. The van der Waals surface area contributed by atoms with Gasteiger partial charge in [-0.2, -0.15) is 0 Å². The molecule has 0 aliphatic heterocycles. The van der Waals surface area contributed by atoms with Gasteiger partial charge < -0.3 is 5.32 Å². The van der Waals surface area contributed by atoms with E-state index in [4.69, 9.17) is 0 Å². The Morgan fingerprint density at radius 3 is 2.54 bits per heavy atom. The highest BCUT2D eigenvalue weighted by Gasteiger charge is 2.15. The van der Waals surface area contributed by atoms with Crippen LogP contribution < -0.4 is 5.32 Å². The van der Waals surface area contributed by atoms with E-state index in [0.717, 1.165) is 31.2 Å². The summed E-state index contributed by atoms with van der Waals surface area (Å²) in [6.07, 6.45) is 0. The Kier molecular flexibility index (Phi) is 5.01. The summed E-state index contributed by atoms with van der Waals surface area (Å²) in [7, 11) is 0. The predicted molar refractivity (Wildman–Crippen MR) is 106 cm³/mol. The van der Waals surface area contributed by atoms with Gasteiger partial charge in [-0.25, -0.2) is 0 Å². The molecular weight excluding hydrogens is 432 g/mol. The van der Waals surface area contributed by atoms with Crippen molar-refractivity contribution in [2.24, 2.45) is 0 Å². The lowest BCUT2D eigenvalue weighted by Gasteiger charge is -2.13. The zero-order valence-corrected chi connectivity index (χ0v) is 16.5. The number of amides is 1. The molecule has 0 aliphatic rings. The highest BCUT2D eigenvalue weighted by molar-refractivity contribution is 9.11. The first kappa shape index (κ1) is 17.1. The van der Waals surface area contributed by atoms with Gasteiger partial charge in [0.25, 0.3) is 5.91 Å². The summed E-state index contributed by atoms with van der Waals surface area (Å²) in [5.74, 6) is 0.110. The van der Waals surface area contributed by atoms with Crippen molar-refractivity contribution in [2.75, 3.05) is 5.32 Å². The zero-order valence-electron chi connectivity index (χ0n) is 13.3. The summed E-state index contributed by atoms with van der Waals surface area (Å²) in [5.41, 5.74) is 3.12. The van der Waals surface area contributed by atoms with E-state index in [2.05, 4.69) is 56.0 Å². The largest absolute Gasteiger partial charge is 0.321 e. The minimum absolute atomic E-state index is 0.140. The maximum absolute atomic E-state index is 12.9. The third kappa shape index (κ3) is 3.52. The average Bonchev–Trinajstić information content (AvgIpc) is 2.56. The van der Waals surface area contributed by atoms with Crippen LogP contribution in [0.15, 0.2) is 57.5 Å². The fraction of sp³-hybridized carbons (Fsp3) is 0.158. The van der Waals surface area contributed by atoms with Gasteiger partial charge in [-0.05, 0) is 52.2 Å². The van der Waals surface area contributed by atoms with E-state index in [9.17, 15) is 4.79 Å². The molecular formula is C19H16Br2N2O. The van der Waals surface area contributed by atoms with E-state index in [1.54, 1.807) is 0 Å². The quantitative estimate of drug-likeness (QED) is 0.524. The zero-order chi connectivity index (χ0) is 17.3. The Balaban J connectivity index is 2.05. The molecule has 0 atom stereocenters. The highest BCUT2D eigenvalue weighted by Crippen LogP contribution is 2.28. The van der Waals surface area contributed by atoms with Crippen LogP contribution in [-0.4, -0.2) is 10.9 Å². The SMILES string of the molecule is CC(C)c1cc(C(=O)Nc2ccc(Br)cc2Br)c2ccccc2n1. The van der Waals surface area contributed by atoms with Gasteiger partial charge in [0.05, 0.1) is 16.8 Å². The number of pyridine rings is 1. The minimum atomic E-state index is -0.140. The third-order valence-corrected chi connectivity index (χ3v) is 4.90. The third-order valence-electron chi connectivity index (χ3n) is 3.75. The van der Waals surface area contributed by atoms with Gasteiger partial charge in [0.15, 0.2) is 0 Å². The molecule has 0 saturated carbocycles. The van der Waals surface area contributed by atoms with E-state index < -0.39 is 0 Å². The minimum Gasteiger partial charge on any atom is -0.321 e. The smallest absolute Gasteiger partial charge is 0.256 e. The van der Waals surface area contributed by atoms with Crippen LogP contribution in [0.5, 0.6) is 0 Å². The van der Waals surface area contributed by atoms with Crippen LogP contribution in [0.4, 0.5) is 5.69 Å². The summed E-state index contributed by atoms with van der Waals surface area (Å²) in [5, 5.41) is 3.83. The number of fused-ring (bicyclic) bond motifs is 1. The van der Waals surface area contributed by atoms with Crippen molar-refractivity contribution >= 4 is 54.4 Å². The Morgan fingerprint density at radius 1 is 1.08 bits per heavy atom. The standard InChI is InChI=1S/C19H16Br2N2O/c1-11(2)18-10-14(13-5-3-4-6-16(13)22-18)19(24)23-17-8-7-12(20)9-15(17)21/h3-11H,1-2H3,(H,23,24). The molecule has 24 heavy (non-hydrogen) atoms. The molecule has 0 unspecified atom stereocenters. The van der Waals surface area contributed by atoms with Crippen molar-refractivity contribution in [2.45, 2.75) is 19.8 Å². The molecule has 0 bridgehead atoms. The van der Waals surface area contributed by atoms with Crippen molar-refractivity contribution in [3.8, 4) is 0 Å². The monoisotopic (exact) mass is 446 g/mol. The summed E-state index contributed by atoms with van der Waals surface area (Å²) < 4.78 is 1.77. The van der Waals surface area contributed by atoms with Crippen LogP contribution in [-0.2, 0) is 0 Å². The molecule has 0 fully saturated rings. The van der Waals surface area contributed by atoms with Gasteiger partial charge in [-0.1, -0.05) is 48.0 Å². The number of hydrogen-bond acceptors (Lipinski definition) is 2. The fourth-order valence-electron chi connectivity index (χ4n) is 2.46. The van der Waals surface area contributed by atoms with Crippen LogP contribution in [0.3, 0.4) is 0 Å². The summed E-state index contributed by atoms with van der Waals surface area (Å²) in [6, 6.07) is 15.3. The molecule has 2 aromatic carbocycles. The number of nitrogens with zero attached hydrogens (tertiary/aromatic N) is 1. The highest BCUT2D eigenvalue weighted by atomic mass is 79.9. The molecule has 1 heterocycles. The van der Waals surface area contributed by atoms with E-state index in [1.165, 1.54) is 0 Å². The average molecular weight is 448 g/mol. The van der Waals surface area contributed by atoms with E-state index in [-0.39, 0.29) is 11.8 Å². The van der Waals surface area contributed by atoms with Crippen molar-refractivity contribution in [1.29, 1.82) is 0 Å². The molecule has 3 nitrogen and oxygen atoms in total. The Bertz CT molecular complexity index is 922. The molecule has 0 radical (unpaired) electrons. The number of nitrogens with one attached hydrogen (secondary N) is 1. The lowest BCUT2D eigenvalue weighted by atomic mass is 10.0. The number of halogens is 2. The van der Waals surface area contributed by atoms with Gasteiger partial charge >= 0.3 is 0 Å². The van der Waals surface area contributed by atoms with Gasteiger partial charge in [0.2, 0.25) is 0 Å². The topological polar surface area (TPSA) is 42.0 Å². The molecule has 0 aliphatic carbocycles. The number of carbonyl (C=O) groups excluding carboxylic acids is 1. The van der Waals surface area contributed by atoms with Crippen LogP contribution in [0.25, 0.3) is 10.9 Å².